The number of thiophene rings is 1. The molecule has 2 N–H and O–H groups in total. The van der Waals surface area contributed by atoms with Crippen LogP contribution in [0.15, 0.2) is 65.8 Å². The summed E-state index contributed by atoms with van der Waals surface area (Å²) in [5, 5.41) is 15.7. The Labute approximate surface area is 246 Å². The van der Waals surface area contributed by atoms with Crippen molar-refractivity contribution in [1.82, 2.24) is 20.1 Å². The molecule has 2 heterocycles. The van der Waals surface area contributed by atoms with Crippen molar-refractivity contribution in [2.45, 2.75) is 50.9 Å². The van der Waals surface area contributed by atoms with Crippen molar-refractivity contribution in [3.63, 3.8) is 0 Å². The molecule has 212 valence electrons. The summed E-state index contributed by atoms with van der Waals surface area (Å²) in [6.45, 7) is 2.75. The van der Waals surface area contributed by atoms with Gasteiger partial charge in [0.15, 0.2) is 11.0 Å². The van der Waals surface area contributed by atoms with Crippen molar-refractivity contribution in [2.75, 3.05) is 17.7 Å². The van der Waals surface area contributed by atoms with Gasteiger partial charge < -0.3 is 19.9 Å². The molecule has 0 saturated carbocycles. The van der Waals surface area contributed by atoms with E-state index in [1.165, 1.54) is 23.1 Å². The first-order chi connectivity index (χ1) is 20.0. The molecular weight excluding hydrogens is 558 g/mol. The third-order valence-electron chi connectivity index (χ3n) is 6.61. The maximum Gasteiger partial charge on any atom is 0.341 e. The van der Waals surface area contributed by atoms with E-state index in [1.54, 1.807) is 6.92 Å². The highest BCUT2D eigenvalue weighted by atomic mass is 32.2. The number of amides is 2. The van der Waals surface area contributed by atoms with E-state index in [-0.39, 0.29) is 37.1 Å². The smallest absolute Gasteiger partial charge is 0.341 e. The molecule has 2 amide bonds. The maximum absolute atomic E-state index is 13.0. The van der Waals surface area contributed by atoms with Gasteiger partial charge in [0.2, 0.25) is 11.8 Å². The predicted octanol–water partition coefficient (Wildman–Crippen LogP) is 4.64. The third-order valence-corrected chi connectivity index (χ3v) is 8.79. The van der Waals surface area contributed by atoms with Crippen LogP contribution in [-0.2, 0) is 46.7 Å². The van der Waals surface area contributed by atoms with Crippen LogP contribution in [0.4, 0.5) is 5.00 Å². The molecule has 9 nitrogen and oxygen atoms in total. The van der Waals surface area contributed by atoms with Gasteiger partial charge in [-0.1, -0.05) is 72.4 Å². The van der Waals surface area contributed by atoms with Crippen molar-refractivity contribution in [2.24, 2.45) is 0 Å². The summed E-state index contributed by atoms with van der Waals surface area (Å²) in [7, 11) is 0. The van der Waals surface area contributed by atoms with Gasteiger partial charge in [-0.15, -0.1) is 21.5 Å². The molecule has 0 bridgehead atoms. The van der Waals surface area contributed by atoms with Crippen molar-refractivity contribution in [3.8, 4) is 0 Å². The first-order valence-corrected chi connectivity index (χ1v) is 15.3. The van der Waals surface area contributed by atoms with Crippen LogP contribution in [0.5, 0.6) is 0 Å². The number of nitrogens with one attached hydrogen (secondary N) is 2. The average molecular weight is 590 g/mol. The lowest BCUT2D eigenvalue weighted by Crippen LogP contribution is -2.26. The third kappa shape index (κ3) is 7.22. The summed E-state index contributed by atoms with van der Waals surface area (Å²) in [4.78, 5) is 39.4. The number of carbonyl (C=O) groups is 3. The van der Waals surface area contributed by atoms with E-state index in [9.17, 15) is 14.4 Å². The quantitative estimate of drug-likeness (QED) is 0.183. The second-order valence-electron chi connectivity index (χ2n) is 9.53. The van der Waals surface area contributed by atoms with Crippen molar-refractivity contribution >= 4 is 45.9 Å². The Kier molecular flexibility index (Phi) is 9.48. The highest BCUT2D eigenvalue weighted by Crippen LogP contribution is 2.39. The number of rotatable bonds is 12. The Morgan fingerprint density at radius 3 is 2.44 bits per heavy atom. The van der Waals surface area contributed by atoms with Crippen LogP contribution in [0, 0.1) is 0 Å². The molecule has 41 heavy (non-hydrogen) atoms. The molecule has 0 fully saturated rings. The number of nitrogens with zero attached hydrogens (tertiary/aromatic N) is 3. The fraction of sp³-hybridized carbons (Fsp3) is 0.300. The number of benzene rings is 2. The van der Waals surface area contributed by atoms with Gasteiger partial charge in [0, 0.05) is 4.88 Å². The molecule has 11 heteroatoms. The predicted molar refractivity (Wildman–Crippen MR) is 159 cm³/mol. The number of thioether (sulfide) groups is 1. The molecule has 5 rings (SSSR count). The molecule has 1 aliphatic carbocycles. The van der Waals surface area contributed by atoms with Crippen molar-refractivity contribution in [1.29, 1.82) is 0 Å². The van der Waals surface area contributed by atoms with Gasteiger partial charge in [-0.2, -0.15) is 0 Å². The van der Waals surface area contributed by atoms with E-state index < -0.39 is 5.97 Å². The van der Waals surface area contributed by atoms with E-state index in [0.29, 0.717) is 28.1 Å². The number of carbonyl (C=O) groups excluding carboxylic acids is 3. The second kappa shape index (κ2) is 13.6. The number of ether oxygens (including phenoxy) is 1. The average Bonchev–Trinajstić information content (AvgIpc) is 3.67. The Hall–Kier alpha value is -3.96. The number of hydrogen-bond acceptors (Lipinski definition) is 8. The first-order valence-electron chi connectivity index (χ1n) is 13.5. The van der Waals surface area contributed by atoms with E-state index in [0.717, 1.165) is 40.8 Å². The Morgan fingerprint density at radius 2 is 1.71 bits per heavy atom. The van der Waals surface area contributed by atoms with Crippen LogP contribution in [0.25, 0.3) is 0 Å². The number of esters is 1. The number of anilines is 1. The van der Waals surface area contributed by atoms with Crippen LogP contribution < -0.4 is 10.6 Å². The first kappa shape index (κ1) is 28.6. The number of fused-ring (bicyclic) bond motifs is 1. The molecule has 2 aromatic carbocycles. The molecule has 0 spiro atoms. The van der Waals surface area contributed by atoms with Crippen molar-refractivity contribution in [3.05, 3.63) is 93.6 Å². The Morgan fingerprint density at radius 1 is 0.976 bits per heavy atom. The van der Waals surface area contributed by atoms with Gasteiger partial charge in [-0.05, 0) is 42.9 Å². The number of aryl methyl sites for hydroxylation is 1. The summed E-state index contributed by atoms with van der Waals surface area (Å²) in [5.74, 6) is -0.0708. The summed E-state index contributed by atoms with van der Waals surface area (Å²) >= 11 is 2.72. The van der Waals surface area contributed by atoms with E-state index in [4.69, 9.17) is 4.74 Å². The maximum atomic E-state index is 13.0. The van der Waals surface area contributed by atoms with E-state index in [2.05, 4.69) is 20.8 Å². The SMILES string of the molecule is CCOC(=O)c1c(NC(=O)CSc2nnc(CNC(=O)Cc3ccccc3)n2Cc2ccccc2)sc2c1CCC2. The summed E-state index contributed by atoms with van der Waals surface area (Å²) in [6, 6.07) is 19.4. The van der Waals surface area contributed by atoms with Crippen LogP contribution in [0.2, 0.25) is 0 Å². The minimum absolute atomic E-state index is 0.0815. The zero-order valence-electron chi connectivity index (χ0n) is 22.7. The van der Waals surface area contributed by atoms with Crippen molar-refractivity contribution < 1.29 is 19.1 Å². The monoisotopic (exact) mass is 589 g/mol. The number of hydrogen-bond donors (Lipinski definition) is 2. The summed E-state index contributed by atoms with van der Waals surface area (Å²) < 4.78 is 7.19. The molecule has 0 aliphatic heterocycles. The lowest BCUT2D eigenvalue weighted by Gasteiger charge is -2.11. The molecule has 4 aromatic rings. The van der Waals surface area contributed by atoms with Gasteiger partial charge in [0.05, 0.1) is 37.4 Å². The highest BCUT2D eigenvalue weighted by Gasteiger charge is 2.28. The zero-order valence-corrected chi connectivity index (χ0v) is 24.4. The molecular formula is C30H31N5O4S2. The zero-order chi connectivity index (χ0) is 28.6. The molecule has 2 aromatic heterocycles. The molecule has 1 aliphatic rings. The lowest BCUT2D eigenvalue weighted by molar-refractivity contribution is -0.120. The molecule has 0 radical (unpaired) electrons. The minimum Gasteiger partial charge on any atom is -0.462 e. The van der Waals surface area contributed by atoms with Crippen LogP contribution in [-0.4, -0.2) is 44.9 Å². The molecule has 0 atom stereocenters. The molecule has 0 saturated heterocycles. The van der Waals surface area contributed by atoms with E-state index >= 15 is 0 Å². The van der Waals surface area contributed by atoms with Gasteiger partial charge in [-0.25, -0.2) is 4.79 Å². The Balaban J connectivity index is 1.26. The fourth-order valence-electron chi connectivity index (χ4n) is 4.71. The van der Waals surface area contributed by atoms with Crippen LogP contribution in [0.1, 0.15) is 51.1 Å². The topological polar surface area (TPSA) is 115 Å². The van der Waals surface area contributed by atoms with Gasteiger partial charge in [-0.3, -0.25) is 9.59 Å². The van der Waals surface area contributed by atoms with Crippen LogP contribution in [0.3, 0.4) is 0 Å². The summed E-state index contributed by atoms with van der Waals surface area (Å²) in [6.07, 6.45) is 3.00. The second-order valence-corrected chi connectivity index (χ2v) is 11.6. The van der Waals surface area contributed by atoms with Gasteiger partial charge in [0.1, 0.15) is 5.00 Å². The highest BCUT2D eigenvalue weighted by molar-refractivity contribution is 7.99. The van der Waals surface area contributed by atoms with Crippen LogP contribution >= 0.6 is 23.1 Å². The normalized spacial score (nSPS) is 12.1. The standard InChI is InChI=1S/C30H31N5O4S2/c1-2-39-29(38)27-22-14-9-15-23(22)41-28(27)32-26(37)19-40-30-34-33-24(35(30)18-21-12-7-4-8-13-21)17-31-25(36)16-20-10-5-3-6-11-20/h3-8,10-13H,2,9,14-19H2,1H3,(H,31,36)(H,32,37). The lowest BCUT2D eigenvalue weighted by atomic mass is 10.1. The molecule has 0 unspecified atom stereocenters. The van der Waals surface area contributed by atoms with E-state index in [1.807, 2.05) is 65.2 Å². The summed E-state index contributed by atoms with van der Waals surface area (Å²) in [5.41, 5.74) is 3.46. The fourth-order valence-corrected chi connectivity index (χ4v) is 6.76. The number of aromatic nitrogens is 3. The minimum atomic E-state index is -0.392. The van der Waals surface area contributed by atoms with Gasteiger partial charge >= 0.3 is 5.97 Å². The Bertz CT molecular complexity index is 1520. The largest absolute Gasteiger partial charge is 0.462 e. The van der Waals surface area contributed by atoms with Gasteiger partial charge in [0.25, 0.3) is 0 Å².